The van der Waals surface area contributed by atoms with Gasteiger partial charge in [-0.2, -0.15) is 0 Å². The van der Waals surface area contributed by atoms with Crippen molar-refractivity contribution in [2.45, 2.75) is 17.8 Å². The number of rotatable bonds is 4. The van der Waals surface area contributed by atoms with Crippen LogP contribution in [0.4, 0.5) is 4.39 Å². The Morgan fingerprint density at radius 1 is 1.53 bits per heavy atom. The van der Waals surface area contributed by atoms with E-state index in [1.165, 1.54) is 31.0 Å². The zero-order chi connectivity index (χ0) is 13.8. The number of nitrogens with one attached hydrogen (secondary N) is 1. The number of carbonyl (C=O) groups excluding carboxylic acids is 1. The van der Waals surface area contributed by atoms with Gasteiger partial charge < -0.3 is 4.74 Å². The number of esters is 1. The van der Waals surface area contributed by atoms with E-state index >= 15 is 0 Å². The number of H-pyrrole nitrogens is 1. The standard InChI is InChI=1S/C12H12FN3O2S/c1-7-14-12(16-15-7)19-6-8-3-4-9(13)5-10(8)11(17)18-2/h3-5H,6H2,1-2H3,(H,14,15,16). The fourth-order valence-electron chi connectivity index (χ4n) is 1.50. The van der Waals surface area contributed by atoms with Gasteiger partial charge in [-0.1, -0.05) is 17.8 Å². The fourth-order valence-corrected chi connectivity index (χ4v) is 2.35. The van der Waals surface area contributed by atoms with Crippen molar-refractivity contribution in [2.75, 3.05) is 7.11 Å². The molecule has 2 rings (SSSR count). The highest BCUT2D eigenvalue weighted by molar-refractivity contribution is 7.98. The Bertz CT molecular complexity index is 600. The van der Waals surface area contributed by atoms with E-state index < -0.39 is 11.8 Å². The second kappa shape index (κ2) is 5.83. The second-order valence-corrected chi connectivity index (χ2v) is 4.73. The van der Waals surface area contributed by atoms with Crippen LogP contribution >= 0.6 is 11.8 Å². The lowest BCUT2D eigenvalue weighted by Crippen LogP contribution is -2.05. The summed E-state index contributed by atoms with van der Waals surface area (Å²) in [6.45, 7) is 1.80. The number of nitrogens with zero attached hydrogens (tertiary/aromatic N) is 2. The Balaban J connectivity index is 2.17. The summed E-state index contributed by atoms with van der Waals surface area (Å²) >= 11 is 1.36. The van der Waals surface area contributed by atoms with Crippen molar-refractivity contribution in [1.82, 2.24) is 15.2 Å². The first-order valence-corrected chi connectivity index (χ1v) is 6.47. The minimum atomic E-state index is -0.554. The number of benzene rings is 1. The van der Waals surface area contributed by atoms with E-state index in [2.05, 4.69) is 19.9 Å². The highest BCUT2D eigenvalue weighted by Gasteiger charge is 2.14. The fraction of sp³-hybridized carbons (Fsp3) is 0.250. The molecule has 0 bridgehead atoms. The van der Waals surface area contributed by atoms with Crippen LogP contribution in [0.2, 0.25) is 0 Å². The van der Waals surface area contributed by atoms with E-state index in [4.69, 9.17) is 0 Å². The molecule has 0 unspecified atom stereocenters. The van der Waals surface area contributed by atoms with E-state index in [1.54, 1.807) is 13.0 Å². The molecular weight excluding hydrogens is 269 g/mol. The van der Waals surface area contributed by atoms with E-state index in [-0.39, 0.29) is 5.56 Å². The van der Waals surface area contributed by atoms with Crippen LogP contribution in [-0.2, 0) is 10.5 Å². The molecule has 0 atom stereocenters. The molecule has 19 heavy (non-hydrogen) atoms. The lowest BCUT2D eigenvalue weighted by atomic mass is 10.1. The van der Waals surface area contributed by atoms with Crippen LogP contribution in [0.25, 0.3) is 0 Å². The van der Waals surface area contributed by atoms with Gasteiger partial charge in [0.15, 0.2) is 0 Å². The van der Waals surface area contributed by atoms with Gasteiger partial charge in [-0.3, -0.25) is 5.10 Å². The van der Waals surface area contributed by atoms with E-state index in [1.807, 2.05) is 0 Å². The van der Waals surface area contributed by atoms with Crippen molar-refractivity contribution in [3.05, 3.63) is 41.0 Å². The predicted octanol–water partition coefficient (Wildman–Crippen LogP) is 2.33. The van der Waals surface area contributed by atoms with Gasteiger partial charge in [0.2, 0.25) is 5.16 Å². The van der Waals surface area contributed by atoms with Crippen LogP contribution in [-0.4, -0.2) is 28.3 Å². The molecule has 7 heteroatoms. The first kappa shape index (κ1) is 13.5. The lowest BCUT2D eigenvalue weighted by molar-refractivity contribution is 0.0599. The highest BCUT2D eigenvalue weighted by atomic mass is 32.2. The summed E-state index contributed by atoms with van der Waals surface area (Å²) in [6.07, 6.45) is 0. The van der Waals surface area contributed by atoms with Crippen molar-refractivity contribution >= 4 is 17.7 Å². The number of hydrogen-bond donors (Lipinski definition) is 1. The average molecular weight is 281 g/mol. The largest absolute Gasteiger partial charge is 0.465 e. The summed E-state index contributed by atoms with van der Waals surface area (Å²) in [5, 5.41) is 7.29. The summed E-state index contributed by atoms with van der Waals surface area (Å²) in [5.41, 5.74) is 0.906. The maximum atomic E-state index is 13.2. The van der Waals surface area contributed by atoms with Crippen LogP contribution in [0.3, 0.4) is 0 Å². The van der Waals surface area contributed by atoms with Crippen LogP contribution in [0.15, 0.2) is 23.4 Å². The number of thioether (sulfide) groups is 1. The average Bonchev–Trinajstić information content (AvgIpc) is 2.82. The Hall–Kier alpha value is -1.89. The Morgan fingerprint density at radius 2 is 2.32 bits per heavy atom. The Labute approximate surface area is 113 Å². The maximum Gasteiger partial charge on any atom is 0.338 e. The first-order chi connectivity index (χ1) is 9.10. The van der Waals surface area contributed by atoms with Gasteiger partial charge in [0.1, 0.15) is 11.6 Å². The third kappa shape index (κ3) is 3.31. The zero-order valence-electron chi connectivity index (χ0n) is 10.4. The number of carbonyl (C=O) groups is 1. The smallest absolute Gasteiger partial charge is 0.338 e. The molecule has 1 aromatic heterocycles. The highest BCUT2D eigenvalue weighted by Crippen LogP contribution is 2.22. The molecule has 0 fully saturated rings. The van der Waals surface area contributed by atoms with Gasteiger partial charge in [-0.25, -0.2) is 14.2 Å². The zero-order valence-corrected chi connectivity index (χ0v) is 11.3. The number of halogens is 1. The van der Waals surface area contributed by atoms with E-state index in [0.717, 1.165) is 5.82 Å². The Kier molecular flexibility index (Phi) is 4.16. The SMILES string of the molecule is COC(=O)c1cc(F)ccc1CSc1n[nH]c(C)n1. The molecule has 1 heterocycles. The summed E-state index contributed by atoms with van der Waals surface area (Å²) < 4.78 is 17.8. The number of aromatic nitrogens is 3. The van der Waals surface area contributed by atoms with Crippen LogP contribution < -0.4 is 0 Å². The molecule has 1 aromatic carbocycles. The summed E-state index contributed by atoms with van der Waals surface area (Å²) in [6, 6.07) is 4.05. The molecular formula is C12H12FN3O2S. The van der Waals surface area contributed by atoms with Crippen molar-refractivity contribution in [3.63, 3.8) is 0 Å². The van der Waals surface area contributed by atoms with Gasteiger partial charge in [0.05, 0.1) is 12.7 Å². The minimum absolute atomic E-state index is 0.224. The van der Waals surface area contributed by atoms with Gasteiger partial charge >= 0.3 is 5.97 Å². The molecule has 0 amide bonds. The van der Waals surface area contributed by atoms with Gasteiger partial charge in [-0.05, 0) is 24.6 Å². The van der Waals surface area contributed by atoms with Crippen molar-refractivity contribution in [2.24, 2.45) is 0 Å². The molecule has 0 aliphatic heterocycles. The predicted molar refractivity (Wildman–Crippen MR) is 68.4 cm³/mol. The van der Waals surface area contributed by atoms with Crippen LogP contribution in [0, 0.1) is 12.7 Å². The molecule has 0 saturated heterocycles. The monoisotopic (exact) mass is 281 g/mol. The van der Waals surface area contributed by atoms with Gasteiger partial charge in [0.25, 0.3) is 0 Å². The van der Waals surface area contributed by atoms with Gasteiger partial charge in [0, 0.05) is 5.75 Å². The molecule has 2 aromatic rings. The summed E-state index contributed by atoms with van der Waals surface area (Å²) in [4.78, 5) is 15.7. The van der Waals surface area contributed by atoms with Crippen molar-refractivity contribution in [3.8, 4) is 0 Å². The van der Waals surface area contributed by atoms with E-state index in [9.17, 15) is 9.18 Å². The third-order valence-electron chi connectivity index (χ3n) is 2.41. The number of hydrogen-bond acceptors (Lipinski definition) is 5. The molecule has 0 radical (unpaired) electrons. The maximum absolute atomic E-state index is 13.2. The number of aryl methyl sites for hydroxylation is 1. The third-order valence-corrected chi connectivity index (χ3v) is 3.31. The Morgan fingerprint density at radius 3 is 2.95 bits per heavy atom. The topological polar surface area (TPSA) is 67.9 Å². The summed E-state index contributed by atoms with van der Waals surface area (Å²) in [5.74, 6) is 0.154. The second-order valence-electron chi connectivity index (χ2n) is 3.79. The molecule has 0 saturated carbocycles. The molecule has 5 nitrogen and oxygen atoms in total. The molecule has 100 valence electrons. The number of aromatic amines is 1. The van der Waals surface area contributed by atoms with Crippen molar-refractivity contribution < 1.29 is 13.9 Å². The number of ether oxygens (including phenoxy) is 1. The normalized spacial score (nSPS) is 10.5. The van der Waals surface area contributed by atoms with Crippen LogP contribution in [0.1, 0.15) is 21.7 Å². The molecule has 1 N–H and O–H groups in total. The van der Waals surface area contributed by atoms with Gasteiger partial charge in [-0.15, -0.1) is 5.10 Å². The lowest BCUT2D eigenvalue weighted by Gasteiger charge is -2.06. The molecule has 0 aliphatic carbocycles. The quantitative estimate of drug-likeness (QED) is 0.688. The first-order valence-electron chi connectivity index (χ1n) is 5.48. The summed E-state index contributed by atoms with van der Waals surface area (Å²) in [7, 11) is 1.27. The molecule has 0 spiro atoms. The van der Waals surface area contributed by atoms with Crippen molar-refractivity contribution in [1.29, 1.82) is 0 Å². The number of methoxy groups -OCH3 is 1. The minimum Gasteiger partial charge on any atom is -0.465 e. The molecule has 0 aliphatic rings. The van der Waals surface area contributed by atoms with Crippen LogP contribution in [0.5, 0.6) is 0 Å². The van der Waals surface area contributed by atoms with E-state index in [0.29, 0.717) is 16.5 Å².